The van der Waals surface area contributed by atoms with Gasteiger partial charge in [0.15, 0.2) is 0 Å². The highest BCUT2D eigenvalue weighted by Gasteiger charge is 2.08. The number of rotatable bonds is 4. The molecule has 0 radical (unpaired) electrons. The summed E-state index contributed by atoms with van der Waals surface area (Å²) in [5.74, 6) is 0. The Bertz CT molecular complexity index is 358. The molecule has 0 saturated heterocycles. The topological polar surface area (TPSA) is 50.4 Å². The molecule has 0 aromatic heterocycles. The molecule has 1 rings (SSSR count). The van der Waals surface area contributed by atoms with Gasteiger partial charge in [0.2, 0.25) is 0 Å². The summed E-state index contributed by atoms with van der Waals surface area (Å²) in [6.07, 6.45) is -0.658. The quantitative estimate of drug-likeness (QED) is 0.853. The van der Waals surface area contributed by atoms with Crippen LogP contribution in [-0.2, 0) is 4.74 Å². The van der Waals surface area contributed by atoms with E-state index in [0.717, 1.165) is 0 Å². The lowest BCUT2D eigenvalue weighted by atomic mass is 10.3. The molecule has 16 heavy (non-hydrogen) atoms. The van der Waals surface area contributed by atoms with Crippen LogP contribution in [0.4, 0.5) is 10.5 Å². The van der Waals surface area contributed by atoms with Crippen molar-refractivity contribution in [3.05, 3.63) is 29.3 Å². The molecule has 0 aliphatic heterocycles. The van der Waals surface area contributed by atoms with Crippen LogP contribution in [0.3, 0.4) is 0 Å². The zero-order valence-corrected chi connectivity index (χ0v) is 10.0. The Balaban J connectivity index is 2.45. The van der Waals surface area contributed by atoms with Crippen molar-refractivity contribution in [2.45, 2.75) is 13.0 Å². The van der Waals surface area contributed by atoms with Crippen LogP contribution in [0.15, 0.2) is 24.3 Å². The second-order valence-electron chi connectivity index (χ2n) is 3.41. The van der Waals surface area contributed by atoms with Gasteiger partial charge in [0, 0.05) is 17.3 Å². The fraction of sp³-hybridized carbons (Fsp3) is 0.364. The van der Waals surface area contributed by atoms with Crippen LogP contribution in [0.25, 0.3) is 0 Å². The highest BCUT2D eigenvalue weighted by Crippen LogP contribution is 2.15. The van der Waals surface area contributed by atoms with Gasteiger partial charge in [0.1, 0.15) is 6.10 Å². The molecule has 1 unspecified atom stereocenters. The third-order valence-electron chi connectivity index (χ3n) is 1.87. The number of nitrogens with one attached hydrogen (secondary N) is 2. The zero-order chi connectivity index (χ0) is 12.0. The first-order valence-corrected chi connectivity index (χ1v) is 5.37. The maximum atomic E-state index is 11.4. The van der Waals surface area contributed by atoms with Crippen molar-refractivity contribution >= 4 is 23.4 Å². The fourth-order valence-electron chi connectivity index (χ4n) is 1.23. The van der Waals surface area contributed by atoms with E-state index in [2.05, 4.69) is 10.6 Å². The average molecular weight is 243 g/mol. The van der Waals surface area contributed by atoms with E-state index in [4.69, 9.17) is 16.3 Å². The van der Waals surface area contributed by atoms with Gasteiger partial charge in [-0.3, -0.25) is 5.32 Å². The molecule has 0 heterocycles. The molecule has 5 heteroatoms. The van der Waals surface area contributed by atoms with E-state index in [9.17, 15) is 4.79 Å². The van der Waals surface area contributed by atoms with Crippen molar-refractivity contribution in [2.75, 3.05) is 18.9 Å². The standard InChI is InChI=1S/C11H15ClN2O2/c1-8(7-13-2)16-11(15)14-10-5-3-4-9(12)6-10/h3-6,8,13H,7H2,1-2H3,(H,14,15). The number of amides is 1. The number of benzene rings is 1. The maximum absolute atomic E-state index is 11.4. The van der Waals surface area contributed by atoms with Gasteiger partial charge >= 0.3 is 6.09 Å². The Hall–Kier alpha value is -1.26. The second kappa shape index (κ2) is 6.35. The molecule has 0 aliphatic rings. The lowest BCUT2D eigenvalue weighted by molar-refractivity contribution is 0.121. The SMILES string of the molecule is CNCC(C)OC(=O)Nc1cccc(Cl)c1. The number of carbonyl (C=O) groups is 1. The summed E-state index contributed by atoms with van der Waals surface area (Å²) >= 11 is 5.78. The summed E-state index contributed by atoms with van der Waals surface area (Å²) in [5, 5.41) is 6.09. The summed E-state index contributed by atoms with van der Waals surface area (Å²) in [7, 11) is 1.80. The molecule has 1 amide bonds. The Morgan fingerprint density at radius 1 is 1.56 bits per heavy atom. The summed E-state index contributed by atoms with van der Waals surface area (Å²) < 4.78 is 5.08. The number of carbonyl (C=O) groups excluding carboxylic acids is 1. The molecule has 1 aromatic carbocycles. The Morgan fingerprint density at radius 3 is 2.94 bits per heavy atom. The summed E-state index contributed by atoms with van der Waals surface area (Å²) in [4.78, 5) is 11.4. The molecule has 2 N–H and O–H groups in total. The van der Waals surface area contributed by atoms with Gasteiger partial charge in [-0.25, -0.2) is 4.79 Å². The van der Waals surface area contributed by atoms with Crippen molar-refractivity contribution in [1.29, 1.82) is 0 Å². The molecule has 0 aliphatic carbocycles. The molecule has 0 saturated carbocycles. The Kier molecular flexibility index (Phi) is 5.08. The summed E-state index contributed by atoms with van der Waals surface area (Å²) in [6.45, 7) is 2.43. The lowest BCUT2D eigenvalue weighted by Gasteiger charge is -2.13. The number of hydrogen-bond acceptors (Lipinski definition) is 3. The molecule has 88 valence electrons. The second-order valence-corrected chi connectivity index (χ2v) is 3.85. The van der Waals surface area contributed by atoms with Crippen LogP contribution in [0.1, 0.15) is 6.92 Å². The largest absolute Gasteiger partial charge is 0.445 e. The van der Waals surface area contributed by atoms with Gasteiger partial charge in [-0.2, -0.15) is 0 Å². The molecule has 0 fully saturated rings. The van der Waals surface area contributed by atoms with E-state index in [0.29, 0.717) is 17.3 Å². The van der Waals surface area contributed by atoms with Crippen LogP contribution in [0.5, 0.6) is 0 Å². The maximum Gasteiger partial charge on any atom is 0.411 e. The van der Waals surface area contributed by atoms with E-state index >= 15 is 0 Å². The zero-order valence-electron chi connectivity index (χ0n) is 9.29. The van der Waals surface area contributed by atoms with Gasteiger partial charge < -0.3 is 10.1 Å². The average Bonchev–Trinajstić information content (AvgIpc) is 2.17. The van der Waals surface area contributed by atoms with Crippen LogP contribution >= 0.6 is 11.6 Å². The van der Waals surface area contributed by atoms with E-state index in [-0.39, 0.29) is 6.10 Å². The molecular weight excluding hydrogens is 228 g/mol. The van der Waals surface area contributed by atoms with Crippen LogP contribution in [0.2, 0.25) is 5.02 Å². The molecule has 4 nitrogen and oxygen atoms in total. The number of likely N-dealkylation sites (N-methyl/N-ethyl adjacent to an activating group) is 1. The van der Waals surface area contributed by atoms with Gasteiger partial charge in [-0.1, -0.05) is 17.7 Å². The van der Waals surface area contributed by atoms with Crippen LogP contribution in [-0.4, -0.2) is 25.8 Å². The highest BCUT2D eigenvalue weighted by atomic mass is 35.5. The van der Waals surface area contributed by atoms with Gasteiger partial charge in [-0.05, 0) is 32.2 Å². The van der Waals surface area contributed by atoms with E-state index in [1.165, 1.54) is 0 Å². The number of ether oxygens (including phenoxy) is 1. The predicted molar refractivity (Wildman–Crippen MR) is 64.9 cm³/mol. The molecule has 0 spiro atoms. The van der Waals surface area contributed by atoms with Crippen LogP contribution < -0.4 is 10.6 Å². The lowest BCUT2D eigenvalue weighted by Crippen LogP contribution is -2.28. The van der Waals surface area contributed by atoms with Gasteiger partial charge in [0.25, 0.3) is 0 Å². The monoisotopic (exact) mass is 242 g/mol. The van der Waals surface area contributed by atoms with Crippen LogP contribution in [0, 0.1) is 0 Å². The fourth-order valence-corrected chi connectivity index (χ4v) is 1.42. The smallest absolute Gasteiger partial charge is 0.411 e. The minimum absolute atomic E-state index is 0.177. The van der Waals surface area contributed by atoms with Gasteiger partial charge in [0.05, 0.1) is 0 Å². The highest BCUT2D eigenvalue weighted by molar-refractivity contribution is 6.30. The number of anilines is 1. The number of hydrogen-bond donors (Lipinski definition) is 2. The van der Waals surface area contributed by atoms with E-state index < -0.39 is 6.09 Å². The minimum Gasteiger partial charge on any atom is -0.445 e. The summed E-state index contributed by atoms with van der Waals surface area (Å²) in [6, 6.07) is 6.90. The van der Waals surface area contributed by atoms with E-state index in [1.807, 2.05) is 6.92 Å². The molecule has 1 aromatic rings. The molecular formula is C11H15ClN2O2. The summed E-state index contributed by atoms with van der Waals surface area (Å²) in [5.41, 5.74) is 0.620. The van der Waals surface area contributed by atoms with Crippen molar-refractivity contribution in [3.8, 4) is 0 Å². The Labute approximate surface area is 99.9 Å². The first-order chi connectivity index (χ1) is 7.61. The first kappa shape index (κ1) is 12.8. The number of halogens is 1. The van der Waals surface area contributed by atoms with Crippen molar-refractivity contribution in [3.63, 3.8) is 0 Å². The van der Waals surface area contributed by atoms with Crippen molar-refractivity contribution in [1.82, 2.24) is 5.32 Å². The van der Waals surface area contributed by atoms with Crippen molar-refractivity contribution < 1.29 is 9.53 Å². The molecule has 0 bridgehead atoms. The predicted octanol–water partition coefficient (Wildman–Crippen LogP) is 2.50. The van der Waals surface area contributed by atoms with Gasteiger partial charge in [-0.15, -0.1) is 0 Å². The molecule has 1 atom stereocenters. The van der Waals surface area contributed by atoms with E-state index in [1.54, 1.807) is 31.3 Å². The first-order valence-electron chi connectivity index (χ1n) is 4.99. The van der Waals surface area contributed by atoms with Crippen molar-refractivity contribution in [2.24, 2.45) is 0 Å². The third-order valence-corrected chi connectivity index (χ3v) is 2.11. The Morgan fingerprint density at radius 2 is 2.31 bits per heavy atom. The third kappa shape index (κ3) is 4.51. The minimum atomic E-state index is -0.481. The normalized spacial score (nSPS) is 11.9.